The van der Waals surface area contributed by atoms with Crippen LogP contribution in [0.15, 0.2) is 94.6 Å². The fraction of sp³-hybridized carbons (Fsp3) is 0.405. The van der Waals surface area contributed by atoms with Crippen LogP contribution in [0.2, 0.25) is 0 Å². The Morgan fingerprint density at radius 3 is 2.02 bits per heavy atom. The number of unbranched alkanes of at least 4 members (excludes halogenated alkanes) is 3. The van der Waals surface area contributed by atoms with Crippen LogP contribution >= 0.6 is 0 Å². The predicted molar refractivity (Wildman–Crippen MR) is 182 cm³/mol. The molecule has 4 aromatic rings. The number of nitrogens with two attached hydrogens (primary N) is 1. The quantitative estimate of drug-likeness (QED) is 0.120. The minimum Gasteiger partial charge on any atom is -0.497 e. The average molecular weight is 660 g/mol. The highest BCUT2D eigenvalue weighted by atomic mass is 16.6. The number of aromatic amines is 1. The molecule has 0 bridgehead atoms. The highest BCUT2D eigenvalue weighted by molar-refractivity contribution is 5.49. The molecule has 5 rings (SSSR count). The first kappa shape index (κ1) is 35.1. The summed E-state index contributed by atoms with van der Waals surface area (Å²) in [6.07, 6.45) is 1.05. The van der Waals surface area contributed by atoms with Gasteiger partial charge in [0.1, 0.15) is 35.4 Å². The van der Waals surface area contributed by atoms with Gasteiger partial charge in [-0.2, -0.15) is 0 Å². The van der Waals surface area contributed by atoms with E-state index >= 15 is 0 Å². The van der Waals surface area contributed by atoms with E-state index in [1.165, 1.54) is 10.8 Å². The van der Waals surface area contributed by atoms with Crippen LogP contribution in [0.4, 0.5) is 0 Å². The Kier molecular flexibility index (Phi) is 11.9. The van der Waals surface area contributed by atoms with Gasteiger partial charge in [-0.15, -0.1) is 0 Å². The fourth-order valence-corrected chi connectivity index (χ4v) is 6.14. The summed E-state index contributed by atoms with van der Waals surface area (Å²) >= 11 is 0. The molecule has 4 N–H and O–H groups in total. The molecule has 0 radical (unpaired) electrons. The first-order valence-corrected chi connectivity index (χ1v) is 16.3. The van der Waals surface area contributed by atoms with Gasteiger partial charge in [0.05, 0.1) is 20.8 Å². The van der Waals surface area contributed by atoms with Crippen molar-refractivity contribution in [3.8, 4) is 11.5 Å². The van der Waals surface area contributed by atoms with Crippen LogP contribution in [0.3, 0.4) is 0 Å². The first-order valence-electron chi connectivity index (χ1n) is 16.3. The molecule has 0 saturated carbocycles. The lowest BCUT2D eigenvalue weighted by Gasteiger charge is -2.37. The summed E-state index contributed by atoms with van der Waals surface area (Å²) < 4.78 is 31.8. The number of nitrogens with zero attached hydrogens (tertiary/aromatic N) is 1. The van der Waals surface area contributed by atoms with Crippen molar-refractivity contribution in [3.63, 3.8) is 0 Å². The zero-order valence-electron chi connectivity index (χ0n) is 27.7. The molecule has 1 fully saturated rings. The minimum atomic E-state index is -1.15. The van der Waals surface area contributed by atoms with Gasteiger partial charge in [-0.05, 0) is 67.3 Å². The predicted octanol–water partition coefficient (Wildman–Crippen LogP) is 4.03. The van der Waals surface area contributed by atoms with E-state index in [0.717, 1.165) is 42.4 Å². The van der Waals surface area contributed by atoms with Gasteiger partial charge in [0, 0.05) is 18.4 Å². The number of benzene rings is 3. The van der Waals surface area contributed by atoms with Gasteiger partial charge >= 0.3 is 5.69 Å². The maximum absolute atomic E-state index is 13.0. The van der Waals surface area contributed by atoms with Gasteiger partial charge in [-0.3, -0.25) is 14.3 Å². The van der Waals surface area contributed by atoms with Crippen molar-refractivity contribution in [2.75, 3.05) is 34.0 Å². The largest absolute Gasteiger partial charge is 0.497 e. The van der Waals surface area contributed by atoms with E-state index in [0.29, 0.717) is 30.2 Å². The van der Waals surface area contributed by atoms with E-state index in [1.54, 1.807) is 21.1 Å². The highest BCUT2D eigenvalue weighted by Gasteiger charge is 2.48. The molecule has 11 heteroatoms. The van der Waals surface area contributed by atoms with Crippen molar-refractivity contribution in [1.29, 1.82) is 0 Å². The summed E-state index contributed by atoms with van der Waals surface area (Å²) in [6, 6.07) is 25.1. The smallest absolute Gasteiger partial charge is 0.330 e. The fourth-order valence-electron chi connectivity index (χ4n) is 6.14. The van der Waals surface area contributed by atoms with Gasteiger partial charge in [-0.1, -0.05) is 67.4 Å². The van der Waals surface area contributed by atoms with Gasteiger partial charge in [-0.25, -0.2) is 4.79 Å². The zero-order chi connectivity index (χ0) is 34.1. The Balaban J connectivity index is 1.51. The molecule has 0 aliphatic carbocycles. The summed E-state index contributed by atoms with van der Waals surface area (Å²) in [7, 11) is 3.23. The van der Waals surface area contributed by atoms with Crippen LogP contribution < -0.4 is 26.5 Å². The molecule has 3 aromatic carbocycles. The third-order valence-electron chi connectivity index (χ3n) is 8.78. The van der Waals surface area contributed by atoms with Gasteiger partial charge < -0.3 is 34.5 Å². The molecular weight excluding hydrogens is 614 g/mol. The molecule has 0 amide bonds. The van der Waals surface area contributed by atoms with E-state index in [-0.39, 0.29) is 6.61 Å². The lowest BCUT2D eigenvalue weighted by molar-refractivity contribution is -0.0983. The monoisotopic (exact) mass is 659 g/mol. The first-order chi connectivity index (χ1) is 23.3. The van der Waals surface area contributed by atoms with E-state index in [9.17, 15) is 14.7 Å². The zero-order valence-corrected chi connectivity index (χ0v) is 27.7. The molecule has 11 nitrogen and oxygen atoms in total. The van der Waals surface area contributed by atoms with Crippen molar-refractivity contribution < 1.29 is 28.8 Å². The number of H-pyrrole nitrogens is 1. The number of rotatable bonds is 16. The van der Waals surface area contributed by atoms with Crippen LogP contribution in [0.1, 0.15) is 54.2 Å². The van der Waals surface area contributed by atoms with Crippen molar-refractivity contribution in [2.24, 2.45) is 5.73 Å². The number of methoxy groups -OCH3 is 2. The van der Waals surface area contributed by atoms with Crippen LogP contribution in [0.25, 0.3) is 0 Å². The summed E-state index contributed by atoms with van der Waals surface area (Å²) in [6.45, 7) is 2.51. The van der Waals surface area contributed by atoms with Crippen LogP contribution in [0, 0.1) is 6.92 Å². The number of hydrogen-bond acceptors (Lipinski definition) is 9. The van der Waals surface area contributed by atoms with Crippen LogP contribution in [0.5, 0.6) is 11.5 Å². The second kappa shape index (κ2) is 16.2. The Labute approximate surface area is 280 Å². The molecule has 1 aliphatic rings. The molecular formula is C37H45N3O8. The highest BCUT2D eigenvalue weighted by Crippen LogP contribution is 2.43. The third-order valence-corrected chi connectivity index (χ3v) is 8.78. The summed E-state index contributed by atoms with van der Waals surface area (Å²) in [5, 5.41) is 11.7. The molecule has 256 valence electrons. The summed E-state index contributed by atoms with van der Waals surface area (Å²) in [5.41, 5.74) is 6.16. The Morgan fingerprint density at radius 1 is 0.854 bits per heavy atom. The summed E-state index contributed by atoms with van der Waals surface area (Å²) in [4.78, 5) is 27.5. The van der Waals surface area contributed by atoms with E-state index in [1.807, 2.05) is 78.9 Å². The van der Waals surface area contributed by atoms with Crippen molar-refractivity contribution in [1.82, 2.24) is 9.55 Å². The molecule has 0 spiro atoms. The third kappa shape index (κ3) is 7.56. The topological polar surface area (TPSA) is 147 Å². The molecule has 4 atom stereocenters. The molecule has 1 aliphatic heterocycles. The lowest BCUT2D eigenvalue weighted by atomic mass is 9.80. The number of aromatic nitrogens is 2. The van der Waals surface area contributed by atoms with Crippen LogP contribution in [-0.4, -0.2) is 66.9 Å². The van der Waals surface area contributed by atoms with E-state index in [4.69, 9.17) is 29.4 Å². The lowest BCUT2D eigenvalue weighted by Crippen LogP contribution is -2.41. The number of aryl methyl sites for hydroxylation is 1. The van der Waals surface area contributed by atoms with Gasteiger partial charge in [0.2, 0.25) is 0 Å². The standard InChI is InChI=1S/C37H45N3O8/c1-25-23-40(36(43)39-34(25)42)35-33(46-22-10-5-4-9-21-38)32(41)31(48-35)24-47-37(26-11-7-6-8-12-26,27-13-17-29(44-2)18-14-27)28-15-19-30(45-3)20-16-28/h6-8,11-20,23,31-33,35,41H,4-5,9-10,21-22,24,38H2,1-3H3,(H,39,42,43)/t31-,32-,33-,35-/m1/s1. The van der Waals surface area contributed by atoms with Crippen molar-refractivity contribution in [3.05, 3.63) is 128 Å². The molecule has 48 heavy (non-hydrogen) atoms. The SMILES string of the molecule is COc1ccc(C(OC[C@H]2O[C@@H](n3cc(C)c(=O)[nH]c3=O)[C@H](OCCCCCCN)[C@@H]2O)(c2ccccc2)c2ccc(OC)cc2)cc1. The van der Waals surface area contributed by atoms with Gasteiger partial charge in [0.25, 0.3) is 5.56 Å². The number of aliphatic hydroxyl groups excluding tert-OH is 1. The molecule has 2 heterocycles. The number of aliphatic hydroxyl groups is 1. The Bertz CT molecular complexity index is 1660. The normalized spacial score (nSPS) is 19.4. The number of hydrogen-bond donors (Lipinski definition) is 3. The maximum atomic E-state index is 13.0. The van der Waals surface area contributed by atoms with E-state index in [2.05, 4.69) is 4.98 Å². The average Bonchev–Trinajstić information content (AvgIpc) is 3.43. The molecule has 0 unspecified atom stereocenters. The molecule has 1 aromatic heterocycles. The maximum Gasteiger partial charge on any atom is 0.330 e. The van der Waals surface area contributed by atoms with Crippen molar-refractivity contribution >= 4 is 0 Å². The second-order valence-corrected chi connectivity index (χ2v) is 11.9. The number of ether oxygens (including phenoxy) is 5. The second-order valence-electron chi connectivity index (χ2n) is 11.9. The Morgan fingerprint density at radius 2 is 1.44 bits per heavy atom. The Hall–Kier alpha value is -4.26. The van der Waals surface area contributed by atoms with Crippen molar-refractivity contribution in [2.45, 2.75) is 62.7 Å². The summed E-state index contributed by atoms with van der Waals surface area (Å²) in [5.74, 6) is 1.38. The van der Waals surface area contributed by atoms with Gasteiger partial charge in [0.15, 0.2) is 6.23 Å². The molecule has 1 saturated heterocycles. The number of nitrogens with one attached hydrogen (secondary N) is 1. The van der Waals surface area contributed by atoms with E-state index < -0.39 is 41.4 Å². The van der Waals surface area contributed by atoms with Crippen LogP contribution in [-0.2, 0) is 19.8 Å². The minimum absolute atomic E-state index is 0.0714.